The molecule has 0 unspecified atom stereocenters. The highest BCUT2D eigenvalue weighted by atomic mass is 79.9. The van der Waals surface area contributed by atoms with Crippen molar-refractivity contribution in [2.75, 3.05) is 13.1 Å². The molecule has 0 fully saturated rings. The van der Waals surface area contributed by atoms with Gasteiger partial charge in [-0.1, -0.05) is 126 Å². The highest BCUT2D eigenvalue weighted by Gasteiger charge is 2.08. The monoisotopic (exact) mass is 654 g/mol. The lowest BCUT2D eigenvalue weighted by atomic mass is 10.00. The first kappa shape index (κ1) is 37.4. The fraction of sp³-hybridized carbons (Fsp3) is 0.189. The molecule has 0 aromatic heterocycles. The summed E-state index contributed by atoms with van der Waals surface area (Å²) in [6.45, 7) is 5.82. The van der Waals surface area contributed by atoms with Crippen molar-refractivity contribution in [1.82, 2.24) is 10.6 Å². The standard InChI is InChI=1S/C18H17NO2.C15H16BrN.C3H2O2.CH4/c1-14(19-13-6-2-3-12-18(20)21)16-11-7-9-15-8-4-5-10-17(15)16;1-12(17-11-5-10-16)14-9-4-7-13-6-2-3-8-15(13)14;1-2-3(4)5;/h2,4-11,14,19H,13H2,1H3,(H,20,21);2-10,12,17H,11H2,1H3;1H,(H,4,5);1H4/b6-2-;10-5-;;/t14-;12-;;/m11../s1. The van der Waals surface area contributed by atoms with Gasteiger partial charge in [0.15, 0.2) is 0 Å². The van der Waals surface area contributed by atoms with Crippen molar-refractivity contribution in [3.8, 4) is 24.2 Å². The van der Waals surface area contributed by atoms with E-state index >= 15 is 0 Å². The van der Waals surface area contributed by atoms with E-state index in [1.165, 1.54) is 38.6 Å². The summed E-state index contributed by atoms with van der Waals surface area (Å²) < 4.78 is 0. The molecule has 7 heteroatoms. The minimum absolute atomic E-state index is 0. The van der Waals surface area contributed by atoms with E-state index in [1.54, 1.807) is 6.08 Å². The molecule has 0 radical (unpaired) electrons. The van der Waals surface area contributed by atoms with Crippen molar-refractivity contribution < 1.29 is 19.8 Å². The number of hydrogen-bond acceptors (Lipinski definition) is 4. The van der Waals surface area contributed by atoms with Gasteiger partial charge >= 0.3 is 11.9 Å². The van der Waals surface area contributed by atoms with Gasteiger partial charge in [-0.3, -0.25) is 0 Å². The SMILES string of the molecule is C.C#CC(=O)O.C[C@@H](NC/C=C\Br)c1cccc2ccccc12.C[C@@H](NC/C=C\C#CC(=O)O)c1cccc2ccccc12. The van der Waals surface area contributed by atoms with Crippen LogP contribution in [0.5, 0.6) is 0 Å². The molecule has 0 amide bonds. The number of allylic oxidation sites excluding steroid dienone is 1. The van der Waals surface area contributed by atoms with Crippen LogP contribution in [0.1, 0.15) is 44.5 Å². The number of aliphatic carboxylic acids is 2. The highest BCUT2D eigenvalue weighted by molar-refractivity contribution is 9.11. The zero-order valence-corrected chi connectivity index (χ0v) is 25.7. The molecule has 0 aliphatic carbocycles. The Morgan fingerprint density at radius 3 is 1.64 bits per heavy atom. The third-order valence-electron chi connectivity index (χ3n) is 6.26. The normalized spacial score (nSPS) is 11.5. The molecule has 0 saturated heterocycles. The smallest absolute Gasteiger partial charge is 0.382 e. The minimum Gasteiger partial charge on any atom is -0.472 e. The second kappa shape index (κ2) is 21.1. The average Bonchev–Trinajstić information content (AvgIpc) is 3.02. The van der Waals surface area contributed by atoms with Crippen molar-refractivity contribution in [3.63, 3.8) is 0 Å². The Morgan fingerprint density at radius 1 is 0.773 bits per heavy atom. The maximum Gasteiger partial charge on any atom is 0.382 e. The summed E-state index contributed by atoms with van der Waals surface area (Å²) in [4.78, 5) is 21.2. The molecular formula is C37H39BrN2O4. The van der Waals surface area contributed by atoms with Crippen molar-refractivity contribution in [3.05, 3.63) is 119 Å². The predicted octanol–water partition coefficient (Wildman–Crippen LogP) is 7.87. The van der Waals surface area contributed by atoms with Crippen LogP contribution in [0.15, 0.2) is 108 Å². The van der Waals surface area contributed by atoms with Crippen molar-refractivity contribution >= 4 is 49.4 Å². The quantitative estimate of drug-likeness (QED) is 0.144. The van der Waals surface area contributed by atoms with E-state index < -0.39 is 11.9 Å². The third-order valence-corrected chi connectivity index (χ3v) is 6.63. The van der Waals surface area contributed by atoms with Gasteiger partial charge in [-0.15, -0.1) is 6.42 Å². The molecule has 4 aromatic carbocycles. The Labute approximate surface area is 269 Å². The van der Waals surface area contributed by atoms with Gasteiger partial charge in [-0.2, -0.15) is 0 Å². The summed E-state index contributed by atoms with van der Waals surface area (Å²) >= 11 is 3.27. The molecule has 0 bridgehead atoms. The lowest BCUT2D eigenvalue weighted by molar-refractivity contribution is -0.131. The van der Waals surface area contributed by atoms with Gasteiger partial charge < -0.3 is 20.8 Å². The average molecular weight is 656 g/mol. The van der Waals surface area contributed by atoms with Gasteiger partial charge in [0, 0.05) is 37.0 Å². The Morgan fingerprint density at radius 2 is 1.20 bits per heavy atom. The van der Waals surface area contributed by atoms with Crippen LogP contribution in [-0.2, 0) is 9.59 Å². The summed E-state index contributed by atoms with van der Waals surface area (Å²) in [5.74, 6) is 3.61. The number of nitrogens with one attached hydrogen (secondary N) is 2. The molecule has 4 N–H and O–H groups in total. The summed E-state index contributed by atoms with van der Waals surface area (Å²) in [5, 5.41) is 27.8. The number of benzene rings is 4. The molecule has 0 heterocycles. The topological polar surface area (TPSA) is 98.7 Å². The van der Waals surface area contributed by atoms with Crippen LogP contribution in [0.2, 0.25) is 0 Å². The highest BCUT2D eigenvalue weighted by Crippen LogP contribution is 2.24. The molecule has 6 nitrogen and oxygen atoms in total. The van der Waals surface area contributed by atoms with Crippen LogP contribution >= 0.6 is 15.9 Å². The number of terminal acetylenes is 1. The van der Waals surface area contributed by atoms with Crippen LogP contribution in [0.4, 0.5) is 0 Å². The zero-order chi connectivity index (χ0) is 31.5. The fourth-order valence-electron chi connectivity index (χ4n) is 4.23. The lowest BCUT2D eigenvalue weighted by Gasteiger charge is -2.15. The van der Waals surface area contributed by atoms with Crippen LogP contribution in [0.3, 0.4) is 0 Å². The maximum atomic E-state index is 10.2. The number of rotatable bonds is 8. The van der Waals surface area contributed by atoms with E-state index in [0.717, 1.165) is 6.54 Å². The van der Waals surface area contributed by atoms with Gasteiger partial charge in [0.05, 0.1) is 0 Å². The molecular weight excluding hydrogens is 616 g/mol. The molecule has 0 spiro atoms. The van der Waals surface area contributed by atoms with E-state index in [0.29, 0.717) is 12.6 Å². The van der Waals surface area contributed by atoms with Crippen molar-refractivity contribution in [1.29, 1.82) is 0 Å². The molecule has 44 heavy (non-hydrogen) atoms. The van der Waals surface area contributed by atoms with Crippen LogP contribution < -0.4 is 10.6 Å². The van der Waals surface area contributed by atoms with Crippen LogP contribution in [0.25, 0.3) is 21.5 Å². The number of halogens is 1. The first-order valence-electron chi connectivity index (χ1n) is 13.5. The second-order valence-corrected chi connectivity index (χ2v) is 9.71. The molecule has 4 aromatic rings. The summed E-state index contributed by atoms with van der Waals surface area (Å²) in [6, 6.07) is 30.1. The van der Waals surface area contributed by atoms with E-state index in [-0.39, 0.29) is 13.5 Å². The molecule has 0 aliphatic rings. The van der Waals surface area contributed by atoms with E-state index in [4.69, 9.17) is 15.0 Å². The maximum absolute atomic E-state index is 10.2. The van der Waals surface area contributed by atoms with Crippen molar-refractivity contribution in [2.24, 2.45) is 0 Å². The largest absolute Gasteiger partial charge is 0.472 e. The number of carboxylic acids is 2. The minimum atomic E-state index is -1.22. The fourth-order valence-corrected chi connectivity index (χ4v) is 4.42. The molecule has 0 aliphatic heterocycles. The number of hydrogen-bond donors (Lipinski definition) is 4. The molecule has 2 atom stereocenters. The Balaban J connectivity index is 0.000000380. The van der Waals surface area contributed by atoms with Gasteiger partial charge in [0.1, 0.15) is 0 Å². The first-order valence-corrected chi connectivity index (χ1v) is 14.5. The van der Waals surface area contributed by atoms with Gasteiger partial charge in [0.2, 0.25) is 0 Å². The van der Waals surface area contributed by atoms with E-state index in [1.807, 2.05) is 29.1 Å². The zero-order valence-electron chi connectivity index (χ0n) is 24.1. The second-order valence-electron chi connectivity index (χ2n) is 9.18. The number of carboxylic acid groups (broad SMARTS) is 2. The number of fused-ring (bicyclic) bond motifs is 2. The molecule has 228 valence electrons. The van der Waals surface area contributed by atoms with Gasteiger partial charge in [-0.05, 0) is 57.6 Å². The van der Waals surface area contributed by atoms with E-state index in [2.05, 4.69) is 132 Å². The van der Waals surface area contributed by atoms with Gasteiger partial charge in [0.25, 0.3) is 0 Å². The Kier molecular flexibility index (Phi) is 17.9. The Bertz CT molecular complexity index is 1650. The lowest BCUT2D eigenvalue weighted by Crippen LogP contribution is -2.18. The number of carbonyl (C=O) groups is 2. The summed E-state index contributed by atoms with van der Waals surface area (Å²) in [7, 11) is 0. The molecule has 0 saturated carbocycles. The van der Waals surface area contributed by atoms with Crippen LogP contribution in [-0.4, -0.2) is 35.2 Å². The summed E-state index contributed by atoms with van der Waals surface area (Å²) in [5.41, 5.74) is 2.60. The van der Waals surface area contributed by atoms with E-state index in [9.17, 15) is 4.79 Å². The predicted molar refractivity (Wildman–Crippen MR) is 187 cm³/mol. The first-order chi connectivity index (χ1) is 20.8. The molecule has 4 rings (SSSR count). The van der Waals surface area contributed by atoms with Crippen LogP contribution in [0, 0.1) is 24.2 Å². The summed E-state index contributed by atoms with van der Waals surface area (Å²) in [6.07, 6.45) is 9.75. The van der Waals surface area contributed by atoms with Crippen molar-refractivity contribution in [2.45, 2.75) is 33.4 Å². The Hall–Kier alpha value is -4.66. The third kappa shape index (κ3) is 13.1. The van der Waals surface area contributed by atoms with Gasteiger partial charge in [-0.25, -0.2) is 9.59 Å².